The van der Waals surface area contributed by atoms with Gasteiger partial charge in [-0.2, -0.15) is 0 Å². The quantitative estimate of drug-likeness (QED) is 0.137. The Morgan fingerprint density at radius 1 is 0.167 bits per heavy atom. The summed E-state index contributed by atoms with van der Waals surface area (Å²) in [6, 6.07) is 140. The summed E-state index contributed by atoms with van der Waals surface area (Å²) in [7, 11) is 0. The van der Waals surface area contributed by atoms with Gasteiger partial charge in [-0.15, -0.1) is 22.7 Å². The molecule has 8 heterocycles. The summed E-state index contributed by atoms with van der Waals surface area (Å²) in [6.07, 6.45) is 5.60. The molecule has 0 spiro atoms. The van der Waals surface area contributed by atoms with Crippen molar-refractivity contribution in [3.8, 4) is 89.6 Å². The summed E-state index contributed by atoms with van der Waals surface area (Å²) in [5, 5.41) is 15.2. The van der Waals surface area contributed by atoms with E-state index in [4.69, 9.17) is 4.98 Å². The average Bonchev–Trinajstić information content (AvgIpc) is 1.59. The van der Waals surface area contributed by atoms with Crippen LogP contribution in [0.1, 0.15) is 0 Å². The minimum Gasteiger partial charge on any atom is -0.309 e. The van der Waals surface area contributed by atoms with E-state index in [0.29, 0.717) is 0 Å². The highest BCUT2D eigenvalue weighted by molar-refractivity contribution is 7.26. The van der Waals surface area contributed by atoms with E-state index in [0.717, 1.165) is 39.3 Å². The molecule has 0 N–H and O–H groups in total. The molecule has 24 rings (SSSR count). The number of hydrogen-bond acceptors (Lipinski definition) is 4. The van der Waals surface area contributed by atoms with Crippen molar-refractivity contribution in [2.24, 2.45) is 0 Å². The third-order valence-electron chi connectivity index (χ3n) is 23.1. The molecule has 0 radical (unpaired) electrons. The van der Waals surface area contributed by atoms with Crippen molar-refractivity contribution in [2.45, 2.75) is 0 Å². The molecular formula is C106H66N6S2. The molecule has 24 aromatic rings. The predicted molar refractivity (Wildman–Crippen MR) is 484 cm³/mol. The Morgan fingerprint density at radius 3 is 0.877 bits per heavy atom. The third kappa shape index (κ3) is 10.8. The van der Waals surface area contributed by atoms with Crippen LogP contribution in [0.25, 0.3) is 217 Å². The minimum absolute atomic E-state index is 0.955. The molecule has 6 nitrogen and oxygen atoms in total. The number of thiophene rings is 2. The molecule has 0 saturated carbocycles. The first kappa shape index (κ1) is 65.4. The van der Waals surface area contributed by atoms with Crippen LogP contribution < -0.4 is 0 Å². The van der Waals surface area contributed by atoms with Crippen LogP contribution in [0, 0.1) is 0 Å². The van der Waals surface area contributed by atoms with Crippen LogP contribution in [0.4, 0.5) is 0 Å². The van der Waals surface area contributed by atoms with Gasteiger partial charge in [-0.1, -0.05) is 200 Å². The Bertz CT molecular complexity index is 7390. The number of aromatic nitrogens is 6. The average molecular weight is 1490 g/mol. The number of fused-ring (bicyclic) bond motifs is 18. The molecule has 532 valence electrons. The van der Waals surface area contributed by atoms with Crippen molar-refractivity contribution in [3.63, 3.8) is 0 Å². The van der Waals surface area contributed by atoms with Crippen molar-refractivity contribution >= 4 is 150 Å². The van der Waals surface area contributed by atoms with Crippen molar-refractivity contribution < 1.29 is 0 Å². The second-order valence-corrected chi connectivity index (χ2v) is 31.8. The molecule has 0 aliphatic carbocycles. The van der Waals surface area contributed by atoms with Gasteiger partial charge in [0.1, 0.15) is 0 Å². The van der Waals surface area contributed by atoms with E-state index in [2.05, 4.69) is 399 Å². The first-order valence-electron chi connectivity index (χ1n) is 38.7. The van der Waals surface area contributed by atoms with Crippen LogP contribution in [0.15, 0.2) is 401 Å². The first-order chi connectivity index (χ1) is 56.5. The van der Waals surface area contributed by atoms with Crippen molar-refractivity contribution in [2.75, 3.05) is 0 Å². The smallest absolute Gasteiger partial charge is 0.0702 e. The summed E-state index contributed by atoms with van der Waals surface area (Å²) in [4.78, 5) is 9.04. The summed E-state index contributed by atoms with van der Waals surface area (Å²) in [5.41, 5.74) is 28.0. The Morgan fingerprint density at radius 2 is 0.482 bits per heavy atom. The van der Waals surface area contributed by atoms with E-state index >= 15 is 0 Å². The number of nitrogens with zero attached hydrogens (tertiary/aromatic N) is 6. The SMILES string of the molecule is c1ccc(-c2cc(-c3ccccn3)cc(-n3c4ccccc4c4cc(-c5ccc6c(c5)c5ccccc5n6-c5ccc6sc7ccccc7c6c5)ccc43)c2)cc1.c1ccc(-c2cc(-c3ccncc3)cc(-n3c4ccccc4c4cc(-c5ccc6c(c5)c5ccccc5n6-c5ccc6sc7ccccc7c6c5)ccc43)c2)cc1. The topological polar surface area (TPSA) is 45.5 Å². The van der Waals surface area contributed by atoms with Gasteiger partial charge >= 0.3 is 0 Å². The van der Waals surface area contributed by atoms with Crippen molar-refractivity contribution in [3.05, 3.63) is 401 Å². The molecule has 16 aromatic carbocycles. The normalized spacial score (nSPS) is 11.9. The summed E-state index contributed by atoms with van der Waals surface area (Å²) in [5.74, 6) is 0. The summed E-state index contributed by atoms with van der Waals surface area (Å²) < 4.78 is 15.0. The van der Waals surface area contributed by atoms with Gasteiger partial charge in [0, 0.05) is 130 Å². The standard InChI is InChI=1S/2C53H33N3S/c1-2-12-34(13-3-1)37-28-38(47-17-10-11-27-54-47)30-40(29-37)56-49-19-8-5-15-42(49)45-32-36(22-25-51(45)56)35-21-24-50-44(31-35)41-14-4-7-18-48(41)55(50)39-23-26-53-46(33-39)43-16-6-9-20-52(43)57-53;1-2-10-34(11-3-1)38-28-39(35-24-26-54-27-25-35)30-41(29-38)56-49-16-8-5-13-43(49)46-32-37(19-22-51(46)56)36-18-21-50-45(31-36)42-12-4-7-15-48(42)55(50)40-20-23-53-47(33-40)44-14-6-9-17-52(44)57-53/h2*1-33H. The van der Waals surface area contributed by atoms with Gasteiger partial charge in [-0.3, -0.25) is 9.97 Å². The number of benzene rings is 16. The lowest BCUT2D eigenvalue weighted by Gasteiger charge is -2.14. The van der Waals surface area contributed by atoms with Crippen LogP contribution in [0.2, 0.25) is 0 Å². The molecule has 8 heteroatoms. The number of hydrogen-bond donors (Lipinski definition) is 0. The Hall–Kier alpha value is -14.5. The van der Waals surface area contributed by atoms with E-state index in [1.54, 1.807) is 0 Å². The molecule has 0 amide bonds. The largest absolute Gasteiger partial charge is 0.309 e. The van der Waals surface area contributed by atoms with Gasteiger partial charge < -0.3 is 18.3 Å². The second-order valence-electron chi connectivity index (χ2n) is 29.6. The molecule has 0 atom stereocenters. The van der Waals surface area contributed by atoms with Crippen molar-refractivity contribution in [1.82, 2.24) is 28.2 Å². The van der Waals surface area contributed by atoms with Gasteiger partial charge in [-0.05, 0) is 238 Å². The first-order valence-corrected chi connectivity index (χ1v) is 40.3. The van der Waals surface area contributed by atoms with E-state index in [9.17, 15) is 0 Å². The maximum absolute atomic E-state index is 4.75. The fourth-order valence-electron chi connectivity index (χ4n) is 17.9. The molecule has 0 bridgehead atoms. The molecular weight excluding hydrogens is 1420 g/mol. The highest BCUT2D eigenvalue weighted by Gasteiger charge is 2.22. The summed E-state index contributed by atoms with van der Waals surface area (Å²) >= 11 is 3.72. The second kappa shape index (κ2) is 26.6. The van der Waals surface area contributed by atoms with E-state index in [1.165, 1.54) is 178 Å². The Balaban J connectivity index is 0.000000135. The fourth-order valence-corrected chi connectivity index (χ4v) is 20.1. The van der Waals surface area contributed by atoms with Crippen LogP contribution in [0.5, 0.6) is 0 Å². The van der Waals surface area contributed by atoms with Gasteiger partial charge in [0.05, 0.1) is 49.8 Å². The lowest BCUT2D eigenvalue weighted by molar-refractivity contribution is 1.18. The van der Waals surface area contributed by atoms with Gasteiger partial charge in [0.2, 0.25) is 0 Å². The predicted octanol–water partition coefficient (Wildman–Crippen LogP) is 29.3. The van der Waals surface area contributed by atoms with Gasteiger partial charge in [0.25, 0.3) is 0 Å². The minimum atomic E-state index is 0.955. The van der Waals surface area contributed by atoms with E-state index in [-0.39, 0.29) is 0 Å². The van der Waals surface area contributed by atoms with Crippen LogP contribution in [-0.4, -0.2) is 28.2 Å². The van der Waals surface area contributed by atoms with Crippen molar-refractivity contribution in [1.29, 1.82) is 0 Å². The molecule has 0 unspecified atom stereocenters. The summed E-state index contributed by atoms with van der Waals surface area (Å²) in [6.45, 7) is 0. The number of pyridine rings is 2. The lowest BCUT2D eigenvalue weighted by atomic mass is 9.98. The highest BCUT2D eigenvalue weighted by Crippen LogP contribution is 2.46. The monoisotopic (exact) mass is 1490 g/mol. The molecule has 114 heavy (non-hydrogen) atoms. The van der Waals surface area contributed by atoms with E-state index < -0.39 is 0 Å². The zero-order chi connectivity index (χ0) is 74.9. The number of para-hydroxylation sites is 4. The fraction of sp³-hybridized carbons (Fsp3) is 0. The Kier molecular flexibility index (Phi) is 15.3. The zero-order valence-electron chi connectivity index (χ0n) is 61.6. The van der Waals surface area contributed by atoms with Crippen LogP contribution in [0.3, 0.4) is 0 Å². The third-order valence-corrected chi connectivity index (χ3v) is 25.4. The van der Waals surface area contributed by atoms with Gasteiger partial charge in [-0.25, -0.2) is 0 Å². The molecule has 0 aliphatic rings. The molecule has 0 aliphatic heterocycles. The highest BCUT2D eigenvalue weighted by atomic mass is 32.1. The van der Waals surface area contributed by atoms with Crippen LogP contribution >= 0.6 is 22.7 Å². The van der Waals surface area contributed by atoms with Crippen LogP contribution in [-0.2, 0) is 0 Å². The molecule has 0 fully saturated rings. The Labute approximate surface area is 664 Å². The van der Waals surface area contributed by atoms with Gasteiger partial charge in [0.15, 0.2) is 0 Å². The molecule has 0 saturated heterocycles. The number of rotatable bonds is 10. The zero-order valence-corrected chi connectivity index (χ0v) is 63.2. The van der Waals surface area contributed by atoms with E-state index in [1.807, 2.05) is 47.3 Å². The maximum atomic E-state index is 4.75. The molecule has 8 aromatic heterocycles. The maximum Gasteiger partial charge on any atom is 0.0702 e. The lowest BCUT2D eigenvalue weighted by Crippen LogP contribution is -1.96.